The van der Waals surface area contributed by atoms with Crippen molar-refractivity contribution in [2.24, 2.45) is 5.73 Å². The molecule has 0 radical (unpaired) electrons. The highest BCUT2D eigenvalue weighted by atomic mass is 16.5. The number of rotatable bonds is 5. The molecule has 2 N–H and O–H groups in total. The van der Waals surface area contributed by atoms with Gasteiger partial charge >= 0.3 is 0 Å². The molecule has 1 aromatic heterocycles. The summed E-state index contributed by atoms with van der Waals surface area (Å²) in [7, 11) is 1.65. The van der Waals surface area contributed by atoms with E-state index in [1.54, 1.807) is 7.11 Å². The molecular formula is C14H19N3O2. The molecule has 102 valence electrons. The van der Waals surface area contributed by atoms with Gasteiger partial charge in [0.15, 0.2) is 5.82 Å². The van der Waals surface area contributed by atoms with Gasteiger partial charge in [-0.1, -0.05) is 24.2 Å². The normalized spacial score (nSPS) is 14.1. The van der Waals surface area contributed by atoms with Crippen LogP contribution in [-0.2, 0) is 6.42 Å². The van der Waals surface area contributed by atoms with Gasteiger partial charge in [0, 0.05) is 12.5 Å². The monoisotopic (exact) mass is 261 g/mol. The molecule has 0 saturated heterocycles. The molecule has 0 spiro atoms. The maximum atomic E-state index is 5.82. The van der Waals surface area contributed by atoms with Crippen molar-refractivity contribution in [2.75, 3.05) is 7.11 Å². The van der Waals surface area contributed by atoms with E-state index in [4.69, 9.17) is 15.0 Å². The van der Waals surface area contributed by atoms with Gasteiger partial charge in [0.05, 0.1) is 13.0 Å². The molecule has 0 aliphatic heterocycles. The van der Waals surface area contributed by atoms with E-state index in [0.717, 1.165) is 11.3 Å². The molecular weight excluding hydrogens is 242 g/mol. The Bertz CT molecular complexity index is 537. The van der Waals surface area contributed by atoms with Crippen molar-refractivity contribution in [3.05, 3.63) is 41.5 Å². The molecule has 0 aliphatic rings. The number of nitrogens with zero attached hydrogens (tertiary/aromatic N) is 2. The maximum absolute atomic E-state index is 5.82. The lowest BCUT2D eigenvalue weighted by Gasteiger charge is -2.09. The lowest BCUT2D eigenvalue weighted by Crippen LogP contribution is -2.22. The summed E-state index contributed by atoms with van der Waals surface area (Å²) in [6, 6.07) is 7.81. The zero-order valence-corrected chi connectivity index (χ0v) is 11.5. The van der Waals surface area contributed by atoms with Crippen LogP contribution in [0.4, 0.5) is 0 Å². The van der Waals surface area contributed by atoms with Crippen LogP contribution >= 0.6 is 0 Å². The van der Waals surface area contributed by atoms with Crippen LogP contribution in [0.5, 0.6) is 5.75 Å². The van der Waals surface area contributed by atoms with Crippen molar-refractivity contribution in [2.45, 2.75) is 32.2 Å². The standard InChI is InChI=1S/C14H19N3O2/c1-9(10(2)15)14-16-13(17-19-14)8-11-5-4-6-12(7-11)18-3/h4-7,9-10H,8,15H2,1-3H3. The van der Waals surface area contributed by atoms with Crippen LogP contribution in [0.15, 0.2) is 28.8 Å². The third kappa shape index (κ3) is 3.32. The highest BCUT2D eigenvalue weighted by molar-refractivity contribution is 5.30. The van der Waals surface area contributed by atoms with Crippen molar-refractivity contribution < 1.29 is 9.26 Å². The summed E-state index contributed by atoms with van der Waals surface area (Å²) in [5.41, 5.74) is 6.91. The van der Waals surface area contributed by atoms with Crippen LogP contribution in [0.3, 0.4) is 0 Å². The average molecular weight is 261 g/mol. The van der Waals surface area contributed by atoms with Crippen LogP contribution in [0.25, 0.3) is 0 Å². The Morgan fingerprint density at radius 3 is 2.84 bits per heavy atom. The van der Waals surface area contributed by atoms with Crippen molar-refractivity contribution in [3.8, 4) is 5.75 Å². The largest absolute Gasteiger partial charge is 0.497 e. The van der Waals surface area contributed by atoms with Crippen molar-refractivity contribution in [3.63, 3.8) is 0 Å². The van der Waals surface area contributed by atoms with Crippen molar-refractivity contribution in [1.82, 2.24) is 10.1 Å². The van der Waals surface area contributed by atoms with Gasteiger partial charge in [-0.15, -0.1) is 0 Å². The van der Waals surface area contributed by atoms with Gasteiger partial charge in [0.1, 0.15) is 5.75 Å². The SMILES string of the molecule is COc1cccc(Cc2noc(C(C)C(C)N)n2)c1. The van der Waals surface area contributed by atoms with E-state index in [9.17, 15) is 0 Å². The fourth-order valence-electron chi connectivity index (χ4n) is 1.71. The molecule has 19 heavy (non-hydrogen) atoms. The Morgan fingerprint density at radius 2 is 2.16 bits per heavy atom. The van der Waals surface area contributed by atoms with E-state index in [1.807, 2.05) is 38.1 Å². The Kier molecular flexibility index (Phi) is 4.16. The quantitative estimate of drug-likeness (QED) is 0.892. The van der Waals surface area contributed by atoms with Crippen molar-refractivity contribution in [1.29, 1.82) is 0 Å². The van der Waals surface area contributed by atoms with Gasteiger partial charge in [0.2, 0.25) is 5.89 Å². The summed E-state index contributed by atoms with van der Waals surface area (Å²) < 4.78 is 10.4. The summed E-state index contributed by atoms with van der Waals surface area (Å²) >= 11 is 0. The predicted molar refractivity (Wildman–Crippen MR) is 72.2 cm³/mol. The second-order valence-corrected chi connectivity index (χ2v) is 4.72. The van der Waals surface area contributed by atoms with Gasteiger partial charge < -0.3 is 15.0 Å². The minimum absolute atomic E-state index is 0.00915. The van der Waals surface area contributed by atoms with Crippen LogP contribution < -0.4 is 10.5 Å². The molecule has 0 fully saturated rings. The molecule has 0 amide bonds. The van der Waals surface area contributed by atoms with E-state index in [1.165, 1.54) is 0 Å². The predicted octanol–water partition coefficient (Wildman–Crippen LogP) is 2.12. The molecule has 2 atom stereocenters. The summed E-state index contributed by atoms with van der Waals surface area (Å²) in [5.74, 6) is 2.14. The minimum atomic E-state index is -0.00915. The molecule has 5 nitrogen and oxygen atoms in total. The van der Waals surface area contributed by atoms with Gasteiger partial charge in [-0.05, 0) is 24.6 Å². The van der Waals surface area contributed by atoms with Crippen LogP contribution in [0, 0.1) is 0 Å². The molecule has 5 heteroatoms. The lowest BCUT2D eigenvalue weighted by molar-refractivity contribution is 0.343. The number of hydrogen-bond acceptors (Lipinski definition) is 5. The fourth-order valence-corrected chi connectivity index (χ4v) is 1.71. The van der Waals surface area contributed by atoms with Gasteiger partial charge in [-0.3, -0.25) is 0 Å². The summed E-state index contributed by atoms with van der Waals surface area (Å²) in [6.07, 6.45) is 0.617. The highest BCUT2D eigenvalue weighted by Crippen LogP contribution is 2.18. The van der Waals surface area contributed by atoms with Crippen LogP contribution in [0.1, 0.15) is 37.0 Å². The number of benzene rings is 1. The second-order valence-electron chi connectivity index (χ2n) is 4.72. The number of methoxy groups -OCH3 is 1. The first-order chi connectivity index (χ1) is 9.10. The zero-order valence-electron chi connectivity index (χ0n) is 11.5. The topological polar surface area (TPSA) is 74.2 Å². The molecule has 0 aliphatic carbocycles. The summed E-state index contributed by atoms with van der Waals surface area (Å²) in [5, 5.41) is 3.99. The number of hydrogen-bond donors (Lipinski definition) is 1. The fraction of sp³-hybridized carbons (Fsp3) is 0.429. The van der Waals surface area contributed by atoms with Crippen LogP contribution in [-0.4, -0.2) is 23.3 Å². The number of ether oxygens (including phenoxy) is 1. The average Bonchev–Trinajstić information content (AvgIpc) is 2.86. The van der Waals surface area contributed by atoms with Gasteiger partial charge in [0.25, 0.3) is 0 Å². The third-order valence-electron chi connectivity index (χ3n) is 3.16. The Morgan fingerprint density at radius 1 is 1.37 bits per heavy atom. The summed E-state index contributed by atoms with van der Waals surface area (Å²) in [6.45, 7) is 3.91. The Hall–Kier alpha value is -1.88. The van der Waals surface area contributed by atoms with Gasteiger partial charge in [-0.2, -0.15) is 4.98 Å². The molecule has 2 unspecified atom stereocenters. The maximum Gasteiger partial charge on any atom is 0.231 e. The summed E-state index contributed by atoms with van der Waals surface area (Å²) in [4.78, 5) is 4.38. The Balaban J connectivity index is 2.11. The third-order valence-corrected chi connectivity index (χ3v) is 3.16. The molecule has 0 bridgehead atoms. The number of aromatic nitrogens is 2. The first kappa shape index (κ1) is 13.5. The molecule has 1 heterocycles. The van der Waals surface area contributed by atoms with E-state index in [-0.39, 0.29) is 12.0 Å². The second kappa shape index (κ2) is 5.84. The highest BCUT2D eigenvalue weighted by Gasteiger charge is 2.17. The van der Waals surface area contributed by atoms with Crippen molar-refractivity contribution >= 4 is 0 Å². The smallest absolute Gasteiger partial charge is 0.231 e. The number of nitrogens with two attached hydrogens (primary N) is 1. The molecule has 2 aromatic rings. The Labute approximate surface area is 112 Å². The first-order valence-corrected chi connectivity index (χ1v) is 6.31. The van der Waals surface area contributed by atoms with E-state index in [2.05, 4.69) is 10.1 Å². The van der Waals surface area contributed by atoms with E-state index < -0.39 is 0 Å². The lowest BCUT2D eigenvalue weighted by atomic mass is 10.1. The zero-order chi connectivity index (χ0) is 13.8. The molecule has 0 saturated carbocycles. The van der Waals surface area contributed by atoms with E-state index >= 15 is 0 Å². The van der Waals surface area contributed by atoms with Crippen LogP contribution in [0.2, 0.25) is 0 Å². The van der Waals surface area contributed by atoms with E-state index in [0.29, 0.717) is 18.1 Å². The molecule has 1 aromatic carbocycles. The minimum Gasteiger partial charge on any atom is -0.497 e. The molecule has 2 rings (SSSR count). The first-order valence-electron chi connectivity index (χ1n) is 6.31. The van der Waals surface area contributed by atoms with Gasteiger partial charge in [-0.25, -0.2) is 0 Å².